The number of hydrogen-bond donors (Lipinski definition) is 4. The maximum atomic E-state index is 13.6. The predicted octanol–water partition coefficient (Wildman–Crippen LogP) is 2.15. The van der Waals surface area contributed by atoms with Gasteiger partial charge in [0.2, 0.25) is 11.8 Å². The number of likely N-dealkylation sites (tertiary alicyclic amines) is 1. The molecule has 2 aliphatic carbocycles. The van der Waals surface area contributed by atoms with Crippen LogP contribution in [0.3, 0.4) is 0 Å². The highest BCUT2D eigenvalue weighted by Crippen LogP contribution is 2.54. The molecular formula is C25H38N6O2. The molecule has 0 bridgehead atoms. The number of nitrogens with zero attached hydrogens (tertiary/aromatic N) is 2. The molecule has 8 nitrogen and oxygen atoms in total. The van der Waals surface area contributed by atoms with Crippen LogP contribution in [0.5, 0.6) is 0 Å². The molecule has 33 heavy (non-hydrogen) atoms. The van der Waals surface area contributed by atoms with E-state index in [1.165, 1.54) is 32.1 Å². The van der Waals surface area contributed by atoms with Gasteiger partial charge in [0.25, 0.3) is 0 Å². The van der Waals surface area contributed by atoms with Gasteiger partial charge in [0, 0.05) is 13.1 Å². The molecule has 1 aliphatic heterocycles. The van der Waals surface area contributed by atoms with Crippen molar-refractivity contribution in [2.24, 2.45) is 28.3 Å². The number of amides is 2. The number of piperidine rings is 1. The van der Waals surface area contributed by atoms with Crippen molar-refractivity contribution in [1.82, 2.24) is 15.5 Å². The Bertz CT molecular complexity index is 875. The zero-order chi connectivity index (χ0) is 23.4. The highest BCUT2D eigenvalue weighted by atomic mass is 16.2. The third-order valence-electron chi connectivity index (χ3n) is 7.74. The average Bonchev–Trinajstić information content (AvgIpc) is 3.58. The first kappa shape index (κ1) is 23.5. The van der Waals surface area contributed by atoms with Crippen LogP contribution in [-0.4, -0.2) is 47.8 Å². The summed E-state index contributed by atoms with van der Waals surface area (Å²) in [5.74, 6) is 0.960. The van der Waals surface area contributed by atoms with Crippen molar-refractivity contribution in [1.29, 1.82) is 0 Å². The fraction of sp³-hybridized carbons (Fsp3) is 0.640. The number of nitrogens with two attached hydrogens (primary N) is 2. The Morgan fingerprint density at radius 2 is 1.85 bits per heavy atom. The molecule has 8 heteroatoms. The van der Waals surface area contributed by atoms with Crippen LogP contribution in [0.25, 0.3) is 0 Å². The molecule has 6 N–H and O–H groups in total. The number of hydrogen-bond acceptors (Lipinski definition) is 4. The predicted molar refractivity (Wildman–Crippen MR) is 130 cm³/mol. The molecule has 2 amide bonds. The van der Waals surface area contributed by atoms with E-state index in [1.807, 2.05) is 36.2 Å². The van der Waals surface area contributed by atoms with E-state index in [0.717, 1.165) is 31.2 Å². The number of carbonyl (C=O) groups is 2. The first-order valence-electron chi connectivity index (χ1n) is 12.4. The molecule has 3 fully saturated rings. The van der Waals surface area contributed by atoms with Crippen LogP contribution < -0.4 is 22.1 Å². The molecule has 1 aromatic rings. The van der Waals surface area contributed by atoms with Gasteiger partial charge in [0.15, 0.2) is 5.96 Å². The smallest absolute Gasteiger partial charge is 0.246 e. The Morgan fingerprint density at radius 1 is 1.12 bits per heavy atom. The number of fused-ring (bicyclic) bond motifs is 1. The highest BCUT2D eigenvalue weighted by Gasteiger charge is 2.66. The van der Waals surface area contributed by atoms with Crippen molar-refractivity contribution in [2.75, 3.05) is 13.6 Å². The second-order valence-electron chi connectivity index (χ2n) is 9.92. The molecule has 1 heterocycles. The van der Waals surface area contributed by atoms with Crippen LogP contribution in [0.1, 0.15) is 63.4 Å². The minimum atomic E-state index is -0.671. The Labute approximate surface area is 196 Å². The minimum absolute atomic E-state index is 0.0142. The highest BCUT2D eigenvalue weighted by molar-refractivity contribution is 5.96. The van der Waals surface area contributed by atoms with Crippen molar-refractivity contribution in [3.63, 3.8) is 0 Å². The summed E-state index contributed by atoms with van der Waals surface area (Å²) >= 11 is 0. The fourth-order valence-electron chi connectivity index (χ4n) is 5.85. The van der Waals surface area contributed by atoms with Crippen LogP contribution in [-0.2, 0) is 16.1 Å². The van der Waals surface area contributed by atoms with E-state index in [1.54, 1.807) is 0 Å². The second kappa shape index (κ2) is 10.1. The number of guanidine groups is 1. The van der Waals surface area contributed by atoms with E-state index < -0.39 is 5.54 Å². The quantitative estimate of drug-likeness (QED) is 0.354. The first-order valence-corrected chi connectivity index (χ1v) is 12.4. The summed E-state index contributed by atoms with van der Waals surface area (Å²) in [6.07, 6.45) is 9.88. The van der Waals surface area contributed by atoms with Crippen molar-refractivity contribution in [2.45, 2.75) is 75.9 Å². The van der Waals surface area contributed by atoms with Gasteiger partial charge in [-0.1, -0.05) is 44.2 Å². The van der Waals surface area contributed by atoms with E-state index in [0.29, 0.717) is 24.7 Å². The molecule has 0 aromatic heterocycles. The molecular weight excluding hydrogens is 416 g/mol. The fourth-order valence-corrected chi connectivity index (χ4v) is 5.85. The topological polar surface area (TPSA) is 126 Å². The van der Waals surface area contributed by atoms with Gasteiger partial charge in [-0.25, -0.2) is 4.99 Å². The lowest BCUT2D eigenvalue weighted by atomic mass is 9.84. The van der Waals surface area contributed by atoms with Gasteiger partial charge >= 0.3 is 0 Å². The molecule has 3 atom stereocenters. The summed E-state index contributed by atoms with van der Waals surface area (Å²) in [5.41, 5.74) is 11.8. The molecule has 0 radical (unpaired) electrons. The van der Waals surface area contributed by atoms with E-state index in [-0.39, 0.29) is 29.7 Å². The van der Waals surface area contributed by atoms with Crippen molar-refractivity contribution in [3.05, 3.63) is 29.8 Å². The van der Waals surface area contributed by atoms with Gasteiger partial charge in [-0.3, -0.25) is 9.59 Å². The lowest BCUT2D eigenvalue weighted by molar-refractivity contribution is -0.146. The van der Waals surface area contributed by atoms with Gasteiger partial charge in [-0.2, -0.15) is 0 Å². The zero-order valence-electron chi connectivity index (χ0n) is 19.7. The average molecular weight is 455 g/mol. The van der Waals surface area contributed by atoms with Crippen LogP contribution in [0, 0.1) is 11.8 Å². The van der Waals surface area contributed by atoms with Crippen LogP contribution >= 0.6 is 0 Å². The first-order chi connectivity index (χ1) is 15.9. The van der Waals surface area contributed by atoms with Gasteiger partial charge in [-0.05, 0) is 62.3 Å². The summed E-state index contributed by atoms with van der Waals surface area (Å²) in [6, 6.07) is 7.22. The Hall–Kier alpha value is -2.61. The van der Waals surface area contributed by atoms with Crippen LogP contribution in [0.2, 0.25) is 0 Å². The lowest BCUT2D eigenvalue weighted by Gasteiger charge is -2.38. The van der Waals surface area contributed by atoms with Crippen molar-refractivity contribution < 1.29 is 9.59 Å². The van der Waals surface area contributed by atoms with Gasteiger partial charge in [0.05, 0.1) is 11.7 Å². The Balaban J connectivity index is 1.40. The van der Waals surface area contributed by atoms with Gasteiger partial charge in [-0.15, -0.1) is 0 Å². The Morgan fingerprint density at radius 3 is 2.52 bits per heavy atom. The van der Waals surface area contributed by atoms with Gasteiger partial charge in [0.1, 0.15) is 5.54 Å². The van der Waals surface area contributed by atoms with Crippen molar-refractivity contribution >= 4 is 23.5 Å². The maximum Gasteiger partial charge on any atom is 0.246 e. The van der Waals surface area contributed by atoms with E-state index in [4.69, 9.17) is 11.5 Å². The summed E-state index contributed by atoms with van der Waals surface area (Å²) in [5, 5.41) is 6.36. The minimum Gasteiger partial charge on any atom is -0.370 e. The Kier molecular flexibility index (Phi) is 7.22. The molecule has 4 rings (SSSR count). The SMILES string of the molecule is CN[C@H](CC1CCCCC1)C(=O)N1CCC[C@@H]2C[C@@]21C(=O)NCc1ccc(N=C(N)N)cc1. The van der Waals surface area contributed by atoms with Crippen molar-refractivity contribution in [3.8, 4) is 0 Å². The summed E-state index contributed by atoms with van der Waals surface area (Å²) < 4.78 is 0. The third-order valence-corrected chi connectivity index (χ3v) is 7.74. The third kappa shape index (κ3) is 5.16. The molecule has 3 aliphatic rings. The lowest BCUT2D eigenvalue weighted by Crippen LogP contribution is -2.59. The number of aliphatic imine (C=N–C) groups is 1. The normalized spacial score (nSPS) is 25.6. The number of nitrogens with one attached hydrogen (secondary N) is 2. The van der Waals surface area contributed by atoms with Crippen LogP contribution in [0.15, 0.2) is 29.3 Å². The monoisotopic (exact) mass is 454 g/mol. The molecule has 1 aromatic carbocycles. The van der Waals surface area contributed by atoms with Crippen LogP contribution in [0.4, 0.5) is 5.69 Å². The number of likely N-dealkylation sites (N-methyl/N-ethyl adjacent to an activating group) is 1. The molecule has 1 saturated heterocycles. The number of carbonyl (C=O) groups excluding carboxylic acids is 2. The standard InChI is InChI=1S/C25H38N6O2/c1-28-21(14-17-6-3-2-4-7-17)22(32)31-13-5-8-19-15-25(19,31)23(33)29-16-18-9-11-20(12-10-18)30-24(26)27/h9-12,17,19,21,28H,2-8,13-16H2,1H3,(H,29,33)(H4,26,27,30)/t19-,21-,25+/m1/s1. The summed E-state index contributed by atoms with van der Waals surface area (Å²) in [7, 11) is 1.87. The van der Waals surface area contributed by atoms with Gasteiger partial charge < -0.3 is 27.0 Å². The van der Waals surface area contributed by atoms with E-state index >= 15 is 0 Å². The molecule has 0 spiro atoms. The molecule has 2 saturated carbocycles. The largest absolute Gasteiger partial charge is 0.370 e. The summed E-state index contributed by atoms with van der Waals surface area (Å²) in [4.78, 5) is 32.9. The zero-order valence-corrected chi connectivity index (χ0v) is 19.7. The molecule has 0 unspecified atom stereocenters. The summed E-state index contributed by atoms with van der Waals surface area (Å²) in [6.45, 7) is 1.08. The number of benzene rings is 1. The van der Waals surface area contributed by atoms with E-state index in [9.17, 15) is 9.59 Å². The maximum absolute atomic E-state index is 13.6. The molecule has 180 valence electrons. The second-order valence-corrected chi connectivity index (χ2v) is 9.92. The number of rotatable bonds is 8. The van der Waals surface area contributed by atoms with E-state index in [2.05, 4.69) is 15.6 Å².